The molecule has 1 N–H and O–H groups in total. The van der Waals surface area contributed by atoms with Gasteiger partial charge >= 0.3 is 0 Å². The van der Waals surface area contributed by atoms with Crippen LogP contribution >= 0.6 is 0 Å². The zero-order valence-electron chi connectivity index (χ0n) is 10.8. The van der Waals surface area contributed by atoms with Crippen molar-refractivity contribution in [1.29, 1.82) is 0 Å². The van der Waals surface area contributed by atoms with Gasteiger partial charge in [-0.3, -0.25) is 25.1 Å². The zero-order chi connectivity index (χ0) is 14.7. The molecular weight excluding hydrogens is 266 g/mol. The number of hydrogen-bond acceptors (Lipinski definition) is 6. The number of nitro benzene ring substituents is 2. The third kappa shape index (κ3) is 3.28. The maximum Gasteiger partial charge on any atom is 0.280 e. The van der Waals surface area contributed by atoms with Crippen molar-refractivity contribution >= 4 is 11.4 Å². The number of non-ortho nitro benzene ring substituents is 1. The molecule has 0 aromatic heterocycles. The van der Waals surface area contributed by atoms with E-state index in [1.54, 1.807) is 0 Å². The molecule has 0 unspecified atom stereocenters. The van der Waals surface area contributed by atoms with Crippen molar-refractivity contribution in [2.45, 2.75) is 25.4 Å². The van der Waals surface area contributed by atoms with Crippen LogP contribution in [0.3, 0.4) is 0 Å². The Balaban J connectivity index is 2.25. The molecule has 0 bridgehead atoms. The van der Waals surface area contributed by atoms with Crippen LogP contribution < -0.4 is 0 Å². The summed E-state index contributed by atoms with van der Waals surface area (Å²) in [7, 11) is 0. The molecule has 8 heteroatoms. The fraction of sp³-hybridized carbons (Fsp3) is 0.500. The van der Waals surface area contributed by atoms with Gasteiger partial charge in [0.1, 0.15) is 0 Å². The van der Waals surface area contributed by atoms with E-state index in [0.29, 0.717) is 24.7 Å². The number of nitrogens with zero attached hydrogens (tertiary/aromatic N) is 3. The van der Waals surface area contributed by atoms with Crippen LogP contribution in [0, 0.1) is 20.2 Å². The van der Waals surface area contributed by atoms with Crippen LogP contribution in [0.4, 0.5) is 11.4 Å². The van der Waals surface area contributed by atoms with E-state index >= 15 is 0 Å². The molecule has 1 aliphatic carbocycles. The predicted octanol–water partition coefficient (Wildman–Crippen LogP) is 1.46. The summed E-state index contributed by atoms with van der Waals surface area (Å²) in [5, 5.41) is 30.7. The summed E-state index contributed by atoms with van der Waals surface area (Å²) in [6, 6.07) is 4.02. The van der Waals surface area contributed by atoms with Crippen LogP contribution in [0.5, 0.6) is 0 Å². The monoisotopic (exact) mass is 281 g/mol. The molecule has 0 aliphatic heterocycles. The Hall–Kier alpha value is -2.06. The molecule has 2 rings (SSSR count). The van der Waals surface area contributed by atoms with Gasteiger partial charge < -0.3 is 5.11 Å². The topological polar surface area (TPSA) is 110 Å². The molecule has 1 saturated carbocycles. The van der Waals surface area contributed by atoms with Crippen LogP contribution in [0.1, 0.15) is 18.4 Å². The lowest BCUT2D eigenvalue weighted by Gasteiger charge is -2.20. The van der Waals surface area contributed by atoms with Gasteiger partial charge in [0.2, 0.25) is 0 Å². The van der Waals surface area contributed by atoms with Crippen LogP contribution in [0.15, 0.2) is 18.2 Å². The molecule has 0 radical (unpaired) electrons. The van der Waals surface area contributed by atoms with Gasteiger partial charge in [0.05, 0.1) is 22.5 Å². The van der Waals surface area contributed by atoms with E-state index in [1.807, 2.05) is 4.90 Å². The second-order valence-electron chi connectivity index (χ2n) is 4.75. The molecular formula is C12H15N3O5. The molecule has 8 nitrogen and oxygen atoms in total. The molecule has 0 spiro atoms. The summed E-state index contributed by atoms with van der Waals surface area (Å²) >= 11 is 0. The van der Waals surface area contributed by atoms with Crippen LogP contribution in [-0.4, -0.2) is 39.0 Å². The predicted molar refractivity (Wildman–Crippen MR) is 70.3 cm³/mol. The number of nitro groups is 2. The maximum atomic E-state index is 11.0. The highest BCUT2D eigenvalue weighted by Gasteiger charge is 2.30. The highest BCUT2D eigenvalue weighted by Crippen LogP contribution is 2.31. The Kier molecular flexibility index (Phi) is 4.26. The highest BCUT2D eigenvalue weighted by atomic mass is 16.6. The lowest BCUT2D eigenvalue weighted by Crippen LogP contribution is -2.28. The van der Waals surface area contributed by atoms with Gasteiger partial charge in [-0.1, -0.05) is 0 Å². The van der Waals surface area contributed by atoms with E-state index < -0.39 is 9.85 Å². The first kappa shape index (κ1) is 14.4. The number of rotatable bonds is 7. The normalized spacial score (nSPS) is 14.5. The van der Waals surface area contributed by atoms with Crippen molar-refractivity contribution in [3.63, 3.8) is 0 Å². The van der Waals surface area contributed by atoms with Gasteiger partial charge in [-0.05, 0) is 18.9 Å². The Morgan fingerprint density at radius 2 is 1.95 bits per heavy atom. The number of aliphatic hydroxyl groups excluding tert-OH is 1. The van der Waals surface area contributed by atoms with Crippen molar-refractivity contribution in [1.82, 2.24) is 4.90 Å². The minimum Gasteiger partial charge on any atom is -0.395 e. The molecule has 0 amide bonds. The van der Waals surface area contributed by atoms with E-state index in [9.17, 15) is 20.2 Å². The van der Waals surface area contributed by atoms with Crippen molar-refractivity contribution in [3.05, 3.63) is 44.0 Å². The summed E-state index contributed by atoms with van der Waals surface area (Å²) in [5.74, 6) is 0. The van der Waals surface area contributed by atoms with Crippen LogP contribution in [0.2, 0.25) is 0 Å². The summed E-state index contributed by atoms with van der Waals surface area (Å²) in [5.41, 5.74) is -0.107. The highest BCUT2D eigenvalue weighted by molar-refractivity contribution is 5.49. The third-order valence-electron chi connectivity index (χ3n) is 3.30. The molecule has 20 heavy (non-hydrogen) atoms. The van der Waals surface area contributed by atoms with E-state index in [1.165, 1.54) is 12.1 Å². The quantitative estimate of drug-likeness (QED) is 0.598. The fourth-order valence-corrected chi connectivity index (χ4v) is 2.15. The summed E-state index contributed by atoms with van der Waals surface area (Å²) in [6.07, 6.45) is 2.03. The van der Waals surface area contributed by atoms with Gasteiger partial charge in [-0.2, -0.15) is 0 Å². The molecule has 1 fully saturated rings. The number of hydrogen-bond donors (Lipinski definition) is 1. The first-order valence-electron chi connectivity index (χ1n) is 6.29. The molecule has 1 aromatic carbocycles. The molecule has 1 aliphatic rings. The number of benzene rings is 1. The van der Waals surface area contributed by atoms with Gasteiger partial charge in [-0.15, -0.1) is 0 Å². The molecule has 1 aromatic rings. The smallest absolute Gasteiger partial charge is 0.280 e. The summed E-state index contributed by atoms with van der Waals surface area (Å²) in [4.78, 5) is 22.4. The lowest BCUT2D eigenvalue weighted by molar-refractivity contribution is -0.394. The zero-order valence-corrected chi connectivity index (χ0v) is 10.8. The Bertz CT molecular complexity index is 530. The minimum absolute atomic E-state index is 0.0166. The van der Waals surface area contributed by atoms with Crippen molar-refractivity contribution in [2.75, 3.05) is 13.2 Å². The van der Waals surface area contributed by atoms with E-state index in [0.717, 1.165) is 18.9 Å². The summed E-state index contributed by atoms with van der Waals surface area (Å²) in [6.45, 7) is 0.746. The SMILES string of the molecule is O=[N+]([O-])c1ccc(CN(CCO)C2CC2)c([N+](=O)[O-])c1. The Morgan fingerprint density at radius 1 is 1.25 bits per heavy atom. The number of aliphatic hydroxyl groups is 1. The second-order valence-corrected chi connectivity index (χ2v) is 4.75. The molecule has 0 heterocycles. The van der Waals surface area contributed by atoms with Gasteiger partial charge in [0, 0.05) is 30.8 Å². The molecule has 0 atom stereocenters. The average molecular weight is 281 g/mol. The van der Waals surface area contributed by atoms with Crippen molar-refractivity contribution in [2.24, 2.45) is 0 Å². The largest absolute Gasteiger partial charge is 0.395 e. The summed E-state index contributed by atoms with van der Waals surface area (Å²) < 4.78 is 0. The first-order chi connectivity index (χ1) is 9.52. The molecule has 0 saturated heterocycles. The fourth-order valence-electron chi connectivity index (χ4n) is 2.15. The third-order valence-corrected chi connectivity index (χ3v) is 3.30. The van der Waals surface area contributed by atoms with Gasteiger partial charge in [0.25, 0.3) is 11.4 Å². The Labute approximate surface area is 114 Å². The van der Waals surface area contributed by atoms with Crippen LogP contribution in [-0.2, 0) is 6.54 Å². The van der Waals surface area contributed by atoms with Crippen molar-refractivity contribution < 1.29 is 15.0 Å². The Morgan fingerprint density at radius 3 is 2.45 bits per heavy atom. The minimum atomic E-state index is -0.650. The second kappa shape index (κ2) is 5.93. The lowest BCUT2D eigenvalue weighted by atomic mass is 10.1. The maximum absolute atomic E-state index is 11.0. The first-order valence-corrected chi connectivity index (χ1v) is 6.29. The molecule has 108 valence electrons. The van der Waals surface area contributed by atoms with Crippen LogP contribution in [0.25, 0.3) is 0 Å². The van der Waals surface area contributed by atoms with Gasteiger partial charge in [-0.25, -0.2) is 0 Å². The van der Waals surface area contributed by atoms with E-state index in [4.69, 9.17) is 5.11 Å². The van der Waals surface area contributed by atoms with E-state index in [-0.39, 0.29) is 18.0 Å². The standard InChI is InChI=1S/C12H15N3O5/c16-6-5-13(10-3-4-10)8-9-1-2-11(14(17)18)7-12(9)15(19)20/h1-2,7,10,16H,3-6,8H2. The van der Waals surface area contributed by atoms with Crippen molar-refractivity contribution in [3.8, 4) is 0 Å². The van der Waals surface area contributed by atoms with Gasteiger partial charge in [0.15, 0.2) is 0 Å². The average Bonchev–Trinajstić information content (AvgIpc) is 3.22. The van der Waals surface area contributed by atoms with E-state index in [2.05, 4.69) is 0 Å².